The van der Waals surface area contributed by atoms with Gasteiger partial charge in [-0.2, -0.15) is 0 Å². The highest BCUT2D eigenvalue weighted by Crippen LogP contribution is 2.11. The average Bonchev–Trinajstić information content (AvgIpc) is 2.31. The first-order chi connectivity index (χ1) is 7.75. The summed E-state index contributed by atoms with van der Waals surface area (Å²) in [6, 6.07) is 10.8. The molecule has 2 rings (SSSR count). The standard InChI is InChI=1S/C12H10ClN3/c13-10-3-1-9(2-4-10)12(14)16-11-5-7-15-8-6-11/h1-8H,(H2,14,15,16). The molecule has 0 spiro atoms. The first-order valence-electron chi connectivity index (χ1n) is 4.77. The van der Waals surface area contributed by atoms with Crippen LogP contribution < -0.4 is 5.32 Å². The lowest BCUT2D eigenvalue weighted by molar-refractivity contribution is 1.32. The number of halogens is 1. The van der Waals surface area contributed by atoms with Crippen LogP contribution in [-0.2, 0) is 0 Å². The minimum absolute atomic E-state index is 0.336. The van der Waals surface area contributed by atoms with E-state index in [0.717, 1.165) is 11.3 Å². The van der Waals surface area contributed by atoms with Gasteiger partial charge in [-0.15, -0.1) is 0 Å². The SMILES string of the molecule is N=C(Nc1ccncc1)c1ccc(Cl)cc1. The van der Waals surface area contributed by atoms with E-state index in [1.54, 1.807) is 36.7 Å². The fraction of sp³-hybridized carbons (Fsp3) is 0. The Morgan fingerprint density at radius 1 is 1.06 bits per heavy atom. The molecule has 0 fully saturated rings. The molecule has 0 aliphatic rings. The van der Waals surface area contributed by atoms with Crippen LogP contribution in [0.2, 0.25) is 5.02 Å². The fourth-order valence-electron chi connectivity index (χ4n) is 1.27. The van der Waals surface area contributed by atoms with Gasteiger partial charge in [-0.05, 0) is 36.4 Å². The average molecular weight is 232 g/mol. The Bertz CT molecular complexity index is 479. The zero-order chi connectivity index (χ0) is 11.4. The van der Waals surface area contributed by atoms with E-state index in [0.29, 0.717) is 10.9 Å². The van der Waals surface area contributed by atoms with Crippen LogP contribution in [0.4, 0.5) is 5.69 Å². The second-order valence-electron chi connectivity index (χ2n) is 3.24. The number of benzene rings is 1. The molecule has 1 aromatic carbocycles. The summed E-state index contributed by atoms with van der Waals surface area (Å²) in [5.41, 5.74) is 1.64. The molecule has 4 heteroatoms. The second kappa shape index (κ2) is 4.77. The van der Waals surface area contributed by atoms with E-state index >= 15 is 0 Å². The predicted octanol–water partition coefficient (Wildman–Crippen LogP) is 3.17. The summed E-state index contributed by atoms with van der Waals surface area (Å²) >= 11 is 5.78. The van der Waals surface area contributed by atoms with Crippen molar-refractivity contribution in [3.8, 4) is 0 Å². The Kier molecular flexibility index (Phi) is 3.17. The molecule has 80 valence electrons. The van der Waals surface area contributed by atoms with Crippen LogP contribution in [0.1, 0.15) is 5.56 Å². The van der Waals surface area contributed by atoms with E-state index in [9.17, 15) is 0 Å². The van der Waals surface area contributed by atoms with Gasteiger partial charge in [-0.1, -0.05) is 11.6 Å². The van der Waals surface area contributed by atoms with Crippen molar-refractivity contribution in [2.45, 2.75) is 0 Å². The topological polar surface area (TPSA) is 48.8 Å². The zero-order valence-corrected chi connectivity index (χ0v) is 9.20. The number of hydrogen-bond donors (Lipinski definition) is 2. The summed E-state index contributed by atoms with van der Waals surface area (Å²) in [5.74, 6) is 0.336. The molecule has 1 aromatic heterocycles. The van der Waals surface area contributed by atoms with Crippen molar-refractivity contribution >= 4 is 23.1 Å². The van der Waals surface area contributed by atoms with Gasteiger partial charge in [0, 0.05) is 28.7 Å². The summed E-state index contributed by atoms with van der Waals surface area (Å²) in [5, 5.41) is 11.5. The van der Waals surface area contributed by atoms with Gasteiger partial charge in [0.15, 0.2) is 0 Å². The van der Waals surface area contributed by atoms with E-state index in [2.05, 4.69) is 10.3 Å². The Labute approximate surface area is 98.6 Å². The molecule has 1 heterocycles. The maximum Gasteiger partial charge on any atom is 0.129 e. The fourth-order valence-corrected chi connectivity index (χ4v) is 1.39. The molecule has 0 amide bonds. The number of hydrogen-bond acceptors (Lipinski definition) is 2. The first-order valence-corrected chi connectivity index (χ1v) is 5.15. The number of nitrogens with one attached hydrogen (secondary N) is 2. The Morgan fingerprint density at radius 3 is 2.31 bits per heavy atom. The Balaban J connectivity index is 2.12. The maximum atomic E-state index is 7.86. The van der Waals surface area contributed by atoms with Gasteiger partial charge >= 0.3 is 0 Å². The zero-order valence-electron chi connectivity index (χ0n) is 8.44. The van der Waals surface area contributed by atoms with E-state index in [1.165, 1.54) is 0 Å². The van der Waals surface area contributed by atoms with Crippen molar-refractivity contribution in [2.24, 2.45) is 0 Å². The number of rotatable bonds is 2. The van der Waals surface area contributed by atoms with Crippen LogP contribution in [0.15, 0.2) is 48.8 Å². The molecule has 2 aromatic rings. The summed E-state index contributed by atoms with van der Waals surface area (Å²) in [6.07, 6.45) is 3.36. The van der Waals surface area contributed by atoms with Crippen LogP contribution in [0.3, 0.4) is 0 Å². The highest BCUT2D eigenvalue weighted by atomic mass is 35.5. The number of nitrogens with zero attached hydrogens (tertiary/aromatic N) is 1. The molecule has 2 N–H and O–H groups in total. The van der Waals surface area contributed by atoms with Crippen LogP contribution in [0, 0.1) is 5.41 Å². The van der Waals surface area contributed by atoms with Crippen molar-refractivity contribution in [1.29, 1.82) is 5.41 Å². The lowest BCUT2D eigenvalue weighted by atomic mass is 10.2. The molecule has 0 saturated carbocycles. The third kappa shape index (κ3) is 2.58. The summed E-state index contributed by atoms with van der Waals surface area (Å²) < 4.78 is 0. The van der Waals surface area contributed by atoms with Gasteiger partial charge in [0.25, 0.3) is 0 Å². The molecule has 16 heavy (non-hydrogen) atoms. The molecule has 0 atom stereocenters. The maximum absolute atomic E-state index is 7.86. The van der Waals surface area contributed by atoms with Crippen molar-refractivity contribution < 1.29 is 0 Å². The quantitative estimate of drug-likeness (QED) is 0.616. The largest absolute Gasteiger partial charge is 0.340 e. The number of amidine groups is 1. The Hall–Kier alpha value is -1.87. The second-order valence-corrected chi connectivity index (χ2v) is 3.68. The number of aromatic nitrogens is 1. The van der Waals surface area contributed by atoms with Gasteiger partial charge in [0.2, 0.25) is 0 Å². The molecule has 0 radical (unpaired) electrons. The summed E-state index contributed by atoms with van der Waals surface area (Å²) in [4.78, 5) is 3.91. The third-order valence-corrected chi connectivity index (χ3v) is 2.33. The van der Waals surface area contributed by atoms with Crippen LogP contribution in [0.5, 0.6) is 0 Å². The van der Waals surface area contributed by atoms with Gasteiger partial charge in [-0.3, -0.25) is 10.4 Å². The van der Waals surface area contributed by atoms with Crippen LogP contribution in [0.25, 0.3) is 0 Å². The lowest BCUT2D eigenvalue weighted by Crippen LogP contribution is -2.11. The highest BCUT2D eigenvalue weighted by Gasteiger charge is 2.01. The Morgan fingerprint density at radius 2 is 1.69 bits per heavy atom. The van der Waals surface area contributed by atoms with E-state index in [1.807, 2.05) is 12.1 Å². The first kappa shape index (κ1) is 10.6. The highest BCUT2D eigenvalue weighted by molar-refractivity contribution is 6.30. The predicted molar refractivity (Wildman–Crippen MR) is 66.1 cm³/mol. The molecule has 0 saturated heterocycles. The smallest absolute Gasteiger partial charge is 0.129 e. The molecular formula is C12H10ClN3. The van der Waals surface area contributed by atoms with Gasteiger partial charge in [-0.25, -0.2) is 0 Å². The molecule has 3 nitrogen and oxygen atoms in total. The molecular weight excluding hydrogens is 222 g/mol. The lowest BCUT2D eigenvalue weighted by Gasteiger charge is -2.07. The normalized spacial score (nSPS) is 9.81. The molecule has 0 unspecified atom stereocenters. The summed E-state index contributed by atoms with van der Waals surface area (Å²) in [6.45, 7) is 0. The number of anilines is 1. The van der Waals surface area contributed by atoms with E-state index < -0.39 is 0 Å². The third-order valence-electron chi connectivity index (χ3n) is 2.08. The van der Waals surface area contributed by atoms with Gasteiger partial charge < -0.3 is 5.32 Å². The van der Waals surface area contributed by atoms with Crippen molar-refractivity contribution in [3.63, 3.8) is 0 Å². The number of pyridine rings is 1. The van der Waals surface area contributed by atoms with E-state index in [4.69, 9.17) is 17.0 Å². The molecule has 0 bridgehead atoms. The molecule has 0 aliphatic carbocycles. The van der Waals surface area contributed by atoms with E-state index in [-0.39, 0.29) is 0 Å². The van der Waals surface area contributed by atoms with Crippen molar-refractivity contribution in [3.05, 3.63) is 59.4 Å². The van der Waals surface area contributed by atoms with Crippen LogP contribution >= 0.6 is 11.6 Å². The minimum atomic E-state index is 0.336. The molecule has 0 aliphatic heterocycles. The van der Waals surface area contributed by atoms with Gasteiger partial charge in [0.05, 0.1) is 0 Å². The minimum Gasteiger partial charge on any atom is -0.340 e. The van der Waals surface area contributed by atoms with Crippen LogP contribution in [-0.4, -0.2) is 10.8 Å². The van der Waals surface area contributed by atoms with Crippen molar-refractivity contribution in [1.82, 2.24) is 4.98 Å². The van der Waals surface area contributed by atoms with Gasteiger partial charge in [0.1, 0.15) is 5.84 Å². The van der Waals surface area contributed by atoms with Crippen molar-refractivity contribution in [2.75, 3.05) is 5.32 Å². The summed E-state index contributed by atoms with van der Waals surface area (Å²) in [7, 11) is 0. The monoisotopic (exact) mass is 231 g/mol.